The summed E-state index contributed by atoms with van der Waals surface area (Å²) in [5.41, 5.74) is -0.328. The summed E-state index contributed by atoms with van der Waals surface area (Å²) in [5.74, 6) is -0.224. The molecule has 0 heterocycles. The smallest absolute Gasteiger partial charge is 0.303 e. The van der Waals surface area contributed by atoms with Gasteiger partial charge >= 0.3 is 5.97 Å². The van der Waals surface area contributed by atoms with E-state index >= 15 is 0 Å². The zero-order valence-corrected chi connectivity index (χ0v) is 8.75. The van der Waals surface area contributed by atoms with Gasteiger partial charge in [-0.15, -0.1) is 0 Å². The zero-order chi connectivity index (χ0) is 10.4. The first-order valence-corrected chi connectivity index (χ1v) is 5.32. The van der Waals surface area contributed by atoms with Crippen molar-refractivity contribution in [3.8, 4) is 0 Å². The van der Waals surface area contributed by atoms with Gasteiger partial charge in [0, 0.05) is 13.3 Å². The van der Waals surface area contributed by atoms with Crippen molar-refractivity contribution in [1.82, 2.24) is 0 Å². The summed E-state index contributed by atoms with van der Waals surface area (Å²) in [4.78, 5) is 21.3. The third-order valence-electron chi connectivity index (χ3n) is 2.84. The second-order valence-corrected chi connectivity index (χ2v) is 4.04. The normalized spacial score (nSPS) is 20.1. The van der Waals surface area contributed by atoms with Crippen LogP contribution in [0.1, 0.15) is 51.9 Å². The maximum atomic E-state index is 11.0. The van der Waals surface area contributed by atoms with Gasteiger partial charge in [0.2, 0.25) is 0 Å². The first-order valence-electron chi connectivity index (χ1n) is 5.32. The number of ether oxygens (including phenoxy) is 1. The Kier molecular flexibility index (Phi) is 4.11. The van der Waals surface area contributed by atoms with Gasteiger partial charge < -0.3 is 9.53 Å². The summed E-state index contributed by atoms with van der Waals surface area (Å²) < 4.78 is 5.38. The van der Waals surface area contributed by atoms with Crippen molar-refractivity contribution in [2.45, 2.75) is 57.5 Å². The highest BCUT2D eigenvalue weighted by Crippen LogP contribution is 2.35. The largest absolute Gasteiger partial charge is 0.459 e. The molecule has 80 valence electrons. The lowest BCUT2D eigenvalue weighted by Gasteiger charge is -2.36. The molecular formula is C11H18O3. The predicted molar refractivity (Wildman–Crippen MR) is 52.9 cm³/mol. The number of rotatable bonds is 4. The molecule has 0 aromatic rings. The lowest BCUT2D eigenvalue weighted by molar-refractivity contribution is -0.162. The van der Waals surface area contributed by atoms with Crippen molar-refractivity contribution in [3.63, 3.8) is 0 Å². The highest BCUT2D eigenvalue weighted by molar-refractivity contribution is 5.66. The third kappa shape index (κ3) is 3.13. The van der Waals surface area contributed by atoms with Gasteiger partial charge in [-0.25, -0.2) is 0 Å². The minimum atomic E-state index is -0.328. The van der Waals surface area contributed by atoms with Crippen molar-refractivity contribution in [3.05, 3.63) is 0 Å². The quantitative estimate of drug-likeness (QED) is 0.514. The van der Waals surface area contributed by atoms with E-state index in [1.165, 1.54) is 13.3 Å². The Morgan fingerprint density at radius 2 is 2.00 bits per heavy atom. The molecule has 1 rings (SSSR count). The van der Waals surface area contributed by atoms with Crippen LogP contribution in [0.2, 0.25) is 0 Å². The van der Waals surface area contributed by atoms with Gasteiger partial charge in [-0.3, -0.25) is 4.79 Å². The Balaban J connectivity index is 2.56. The monoisotopic (exact) mass is 198 g/mol. The molecule has 0 saturated heterocycles. The van der Waals surface area contributed by atoms with Gasteiger partial charge in [0.15, 0.2) is 0 Å². The number of hydrogen-bond acceptors (Lipinski definition) is 3. The molecule has 3 heteroatoms. The Hall–Kier alpha value is -0.860. The van der Waals surface area contributed by atoms with Crippen LogP contribution in [0, 0.1) is 0 Å². The molecule has 1 aliphatic rings. The van der Waals surface area contributed by atoms with Crippen molar-refractivity contribution < 1.29 is 14.3 Å². The Morgan fingerprint density at radius 1 is 1.36 bits per heavy atom. The number of carbonyl (C=O) groups excluding carboxylic acids is 2. The summed E-state index contributed by atoms with van der Waals surface area (Å²) in [5, 5.41) is 0. The van der Waals surface area contributed by atoms with Gasteiger partial charge in [-0.1, -0.05) is 6.42 Å². The van der Waals surface area contributed by atoms with E-state index in [1.54, 1.807) is 0 Å². The molecular weight excluding hydrogens is 180 g/mol. The molecule has 14 heavy (non-hydrogen) atoms. The van der Waals surface area contributed by atoms with Crippen LogP contribution < -0.4 is 0 Å². The molecule has 0 N–H and O–H groups in total. The van der Waals surface area contributed by atoms with Crippen molar-refractivity contribution in [1.29, 1.82) is 0 Å². The molecule has 1 aliphatic carbocycles. The highest BCUT2D eigenvalue weighted by Gasteiger charge is 2.34. The fraction of sp³-hybridized carbons (Fsp3) is 0.818. The van der Waals surface area contributed by atoms with E-state index in [0.717, 1.165) is 32.0 Å². The van der Waals surface area contributed by atoms with E-state index in [9.17, 15) is 9.59 Å². The number of aldehydes is 1. The lowest BCUT2D eigenvalue weighted by atomic mass is 9.81. The van der Waals surface area contributed by atoms with Crippen molar-refractivity contribution in [2.24, 2.45) is 0 Å². The third-order valence-corrected chi connectivity index (χ3v) is 2.84. The van der Waals surface area contributed by atoms with Crippen LogP contribution in [0.15, 0.2) is 0 Å². The fourth-order valence-corrected chi connectivity index (χ4v) is 2.23. The van der Waals surface area contributed by atoms with Crippen LogP contribution in [0.4, 0.5) is 0 Å². The van der Waals surface area contributed by atoms with Gasteiger partial charge in [-0.05, 0) is 32.1 Å². The molecule has 1 fully saturated rings. The topological polar surface area (TPSA) is 43.4 Å². The van der Waals surface area contributed by atoms with Crippen molar-refractivity contribution in [2.75, 3.05) is 0 Å². The molecule has 0 bridgehead atoms. The molecule has 0 amide bonds. The highest BCUT2D eigenvalue weighted by atomic mass is 16.6. The fourth-order valence-electron chi connectivity index (χ4n) is 2.23. The lowest BCUT2D eigenvalue weighted by Crippen LogP contribution is -2.36. The Morgan fingerprint density at radius 3 is 2.50 bits per heavy atom. The summed E-state index contributed by atoms with van der Waals surface area (Å²) in [7, 11) is 0. The average Bonchev–Trinajstić information content (AvgIpc) is 2.15. The zero-order valence-electron chi connectivity index (χ0n) is 8.75. The molecule has 3 nitrogen and oxygen atoms in total. The second-order valence-electron chi connectivity index (χ2n) is 4.04. The van der Waals surface area contributed by atoms with Crippen LogP contribution in [0.25, 0.3) is 0 Å². The molecule has 0 aliphatic heterocycles. The van der Waals surface area contributed by atoms with Crippen LogP contribution in [-0.4, -0.2) is 17.9 Å². The van der Waals surface area contributed by atoms with E-state index in [0.29, 0.717) is 12.8 Å². The number of hydrogen-bond donors (Lipinski definition) is 0. The second kappa shape index (κ2) is 5.13. The van der Waals surface area contributed by atoms with Gasteiger partial charge in [0.05, 0.1) is 0 Å². The number of esters is 1. The molecule has 0 unspecified atom stereocenters. The molecule has 0 atom stereocenters. The van der Waals surface area contributed by atoms with E-state index in [4.69, 9.17) is 4.74 Å². The average molecular weight is 198 g/mol. The first-order chi connectivity index (χ1) is 6.68. The standard InChI is InChI=1S/C11H18O3/c1-10(13)14-11(8-5-9-12)6-3-2-4-7-11/h9H,2-8H2,1H3. The van der Waals surface area contributed by atoms with E-state index in [2.05, 4.69) is 0 Å². The minimum absolute atomic E-state index is 0.224. The van der Waals surface area contributed by atoms with E-state index in [1.807, 2.05) is 0 Å². The maximum absolute atomic E-state index is 11.0. The first kappa shape index (κ1) is 11.2. The van der Waals surface area contributed by atoms with Gasteiger partial charge in [0.1, 0.15) is 11.9 Å². The number of carbonyl (C=O) groups is 2. The Bertz CT molecular complexity index is 205. The predicted octanol–water partition coefficient (Wildman–Crippen LogP) is 2.23. The summed E-state index contributed by atoms with van der Waals surface area (Å²) in [6, 6.07) is 0. The molecule has 0 aromatic heterocycles. The van der Waals surface area contributed by atoms with Crippen LogP contribution in [0.5, 0.6) is 0 Å². The van der Waals surface area contributed by atoms with Gasteiger partial charge in [0.25, 0.3) is 0 Å². The van der Waals surface area contributed by atoms with Crippen LogP contribution in [0.3, 0.4) is 0 Å². The molecule has 0 radical (unpaired) electrons. The van der Waals surface area contributed by atoms with Crippen molar-refractivity contribution >= 4 is 12.3 Å². The molecule has 1 saturated carbocycles. The summed E-state index contributed by atoms with van der Waals surface area (Å²) >= 11 is 0. The van der Waals surface area contributed by atoms with E-state index in [-0.39, 0.29) is 11.6 Å². The summed E-state index contributed by atoms with van der Waals surface area (Å²) in [6.07, 6.45) is 7.34. The maximum Gasteiger partial charge on any atom is 0.303 e. The molecule has 0 aromatic carbocycles. The minimum Gasteiger partial charge on any atom is -0.459 e. The SMILES string of the molecule is CC(=O)OC1(CCC=O)CCCCC1. The van der Waals surface area contributed by atoms with Crippen LogP contribution >= 0.6 is 0 Å². The van der Waals surface area contributed by atoms with E-state index < -0.39 is 0 Å². The Labute approximate surface area is 84.8 Å². The summed E-state index contributed by atoms with van der Waals surface area (Å²) in [6.45, 7) is 1.44. The van der Waals surface area contributed by atoms with Gasteiger partial charge in [-0.2, -0.15) is 0 Å². The molecule has 0 spiro atoms. The van der Waals surface area contributed by atoms with Crippen LogP contribution in [-0.2, 0) is 14.3 Å².